The van der Waals surface area contributed by atoms with Crippen LogP contribution in [-0.2, 0) is 25.7 Å². The van der Waals surface area contributed by atoms with E-state index in [1.54, 1.807) is 80.9 Å². The van der Waals surface area contributed by atoms with Crippen molar-refractivity contribution in [3.8, 4) is 69.0 Å². The predicted octanol–water partition coefficient (Wildman–Crippen LogP) is 16.7. The minimum atomic E-state index is -2.80. The third-order valence-corrected chi connectivity index (χ3v) is 15.0. The van der Waals surface area contributed by atoms with Gasteiger partial charge in [0.25, 0.3) is 0 Å². The van der Waals surface area contributed by atoms with Crippen LogP contribution in [-0.4, -0.2) is 128 Å². The number of benzene rings is 8. The Bertz CT molecular complexity index is 4390. The molecule has 0 radical (unpaired) electrons. The number of rotatable bonds is 40. The van der Waals surface area contributed by atoms with E-state index in [0.717, 1.165) is 38.9 Å². The highest BCUT2D eigenvalue weighted by Crippen LogP contribution is 2.32. The van der Waals surface area contributed by atoms with Crippen LogP contribution in [0, 0.1) is 27.7 Å². The summed E-state index contributed by atoms with van der Waals surface area (Å²) >= 11 is 0. The molecule has 0 aromatic heterocycles. The Morgan fingerprint density at radius 3 is 0.720 bits per heavy atom. The molecule has 0 aliphatic rings. The van der Waals surface area contributed by atoms with Crippen LogP contribution in [0.5, 0.6) is 69.0 Å². The van der Waals surface area contributed by atoms with E-state index in [-0.39, 0.29) is 75.1 Å². The third kappa shape index (κ3) is 32.0. The van der Waals surface area contributed by atoms with Gasteiger partial charge in [-0.15, -0.1) is 0 Å². The number of aliphatic hydroxyl groups is 4. The van der Waals surface area contributed by atoms with Gasteiger partial charge in [0.2, 0.25) is 0 Å². The summed E-state index contributed by atoms with van der Waals surface area (Å²) in [4.78, 5) is 0. The summed E-state index contributed by atoms with van der Waals surface area (Å²) in [7, 11) is -4.71. The summed E-state index contributed by atoms with van der Waals surface area (Å²) in [5.74, 6) is 4.08. The first kappa shape index (κ1) is 55.9. The smallest absolute Gasteiger partial charge is 0.160 e. The maximum absolute atomic E-state index is 10.3. The fraction of sp³-hybridized carbons (Fsp3) is 0.429. The van der Waals surface area contributed by atoms with Gasteiger partial charge in [-0.2, -0.15) is 0 Å². The molecule has 0 heterocycles. The number of hydrogen-bond acceptors (Lipinski definition) is 16. The molecule has 0 saturated carbocycles. The summed E-state index contributed by atoms with van der Waals surface area (Å²) in [6.07, 6.45) is -7.89. The van der Waals surface area contributed by atoms with E-state index in [1.165, 1.54) is 32.4 Å². The molecule has 4 atom stereocenters. The van der Waals surface area contributed by atoms with Gasteiger partial charge in [0, 0.05) is 11.0 Å². The Hall–Kier alpha value is -8.80. The molecule has 8 rings (SSSR count). The predicted molar refractivity (Wildman–Crippen MR) is 399 cm³/mol. The topological polar surface area (TPSA) is 192 Å². The van der Waals surface area contributed by atoms with Gasteiger partial charge in [0.15, 0.2) is 46.0 Å². The Morgan fingerprint density at radius 2 is 0.500 bits per heavy atom. The second-order valence-corrected chi connectivity index (χ2v) is 23.2. The highest BCUT2D eigenvalue weighted by Gasteiger charge is 2.13. The summed E-state index contributed by atoms with van der Waals surface area (Å²) in [5, 5.41) is 41.0. The van der Waals surface area contributed by atoms with Crippen molar-refractivity contribution in [1.29, 1.82) is 0 Å². The largest absolute Gasteiger partial charge is 0.493 e. The number of methoxy groups -OCH3 is 8. The molecule has 0 aliphatic heterocycles. The van der Waals surface area contributed by atoms with E-state index in [9.17, 15) is 20.4 Å². The zero-order chi connectivity index (χ0) is 89.5. The van der Waals surface area contributed by atoms with Crippen LogP contribution in [0.3, 0.4) is 0 Å². The van der Waals surface area contributed by atoms with E-state index in [0.29, 0.717) is 103 Å². The molecule has 4 N–H and O–H groups in total. The fourth-order valence-electron chi connectivity index (χ4n) is 9.82. The molecule has 0 saturated heterocycles. The lowest BCUT2D eigenvalue weighted by atomic mass is 10.0. The minimum absolute atomic E-state index is 0.0222. The lowest BCUT2D eigenvalue weighted by Gasteiger charge is -2.13. The normalized spacial score (nSPS) is 15.9. The van der Waals surface area contributed by atoms with Crippen molar-refractivity contribution in [2.75, 3.05) is 83.0 Å². The molecule has 544 valence electrons. The lowest BCUT2D eigenvalue weighted by molar-refractivity contribution is 0.0976. The van der Waals surface area contributed by atoms with Crippen molar-refractivity contribution in [1.82, 2.24) is 0 Å². The highest BCUT2D eigenvalue weighted by atomic mass is 16.5. The average Bonchev–Trinajstić information content (AvgIpc) is 0.835. The van der Waals surface area contributed by atoms with E-state index >= 15 is 0 Å². The number of aliphatic hydroxyl groups excluding tert-OH is 4. The van der Waals surface area contributed by atoms with E-state index in [1.807, 2.05) is 113 Å². The van der Waals surface area contributed by atoms with E-state index in [4.69, 9.17) is 84.3 Å². The highest BCUT2D eigenvalue weighted by molar-refractivity contribution is 5.46. The first-order valence-electron chi connectivity index (χ1n) is 42.9. The van der Waals surface area contributed by atoms with Crippen LogP contribution in [0.15, 0.2) is 170 Å². The molecule has 0 bridgehead atoms. The lowest BCUT2D eigenvalue weighted by Crippen LogP contribution is -2.17. The van der Waals surface area contributed by atoms with Crippen LogP contribution >= 0.6 is 0 Å². The van der Waals surface area contributed by atoms with Crippen LogP contribution in [0.4, 0.5) is 0 Å². The van der Waals surface area contributed by atoms with Crippen LogP contribution < -0.4 is 56.8 Å². The SMILES string of the molecule is [2H]C([2H])(CCCc1ccc(OC)c(OC)c1)C(O)COc1cccc(C)c1.[2H]C([2H])([2H])Oc1cc(CCCC([2H])([2H])C(O)COc2cccc(C)c2)ccc1OC.[2H]C([2H])([2H])Oc1ccc(CCCC([2H])([2H])C(O)COc2cccc(C)c2)cc1OC.[2H]C([2H])([2H])Oc1ccc(CCCC([2H])([2H])C(O)COc2cccc(C)c2)cc1OC([2H])([2H])[2H]. The maximum atomic E-state index is 10.3. The average molecular weight is 1400 g/mol. The van der Waals surface area contributed by atoms with Gasteiger partial charge >= 0.3 is 0 Å². The fourth-order valence-corrected chi connectivity index (χ4v) is 9.82. The van der Waals surface area contributed by atoms with Crippen LogP contribution in [0.1, 0.15) is 149 Å². The molecule has 4 unspecified atom stereocenters. The first-order valence-corrected chi connectivity index (χ1v) is 32.9. The molecular formula is C84H112O16. The number of hydrogen-bond donors (Lipinski definition) is 4. The van der Waals surface area contributed by atoms with Gasteiger partial charge in [-0.3, -0.25) is 0 Å². The molecule has 0 fully saturated rings. The van der Waals surface area contributed by atoms with Crippen molar-refractivity contribution < 1.29 is 105 Å². The molecule has 0 spiro atoms. The Labute approximate surface area is 624 Å². The Morgan fingerprint density at radius 1 is 0.280 bits per heavy atom. The van der Waals surface area contributed by atoms with Crippen molar-refractivity contribution in [3.05, 3.63) is 214 Å². The van der Waals surface area contributed by atoms with E-state index < -0.39 is 78.1 Å². The Kier molecular flexibility index (Phi) is 26.4. The second kappa shape index (κ2) is 47.3. The van der Waals surface area contributed by atoms with Crippen molar-refractivity contribution in [2.24, 2.45) is 0 Å². The minimum Gasteiger partial charge on any atom is -0.493 e. The molecule has 100 heavy (non-hydrogen) atoms. The zero-order valence-electron chi connectivity index (χ0n) is 78.5. The van der Waals surface area contributed by atoms with Gasteiger partial charge in [0.05, 0.1) is 97.5 Å². The molecule has 16 nitrogen and oxygen atoms in total. The quantitative estimate of drug-likeness (QED) is 0.0283. The van der Waals surface area contributed by atoms with Crippen LogP contribution in [0.2, 0.25) is 0 Å². The second-order valence-electron chi connectivity index (χ2n) is 23.2. The van der Waals surface area contributed by atoms with Gasteiger partial charge in [0.1, 0.15) is 49.4 Å². The molecule has 0 amide bonds. The van der Waals surface area contributed by atoms with Crippen molar-refractivity contribution >= 4 is 0 Å². The van der Waals surface area contributed by atoms with Gasteiger partial charge in [-0.05, 0) is 246 Å². The first-order chi connectivity index (χ1) is 56.0. The Balaban J connectivity index is 0.000000285. The molecular weight excluding hydrogens is 1260 g/mol. The van der Waals surface area contributed by atoms with Crippen LogP contribution in [0.25, 0.3) is 0 Å². The molecule has 16 heteroatoms. The van der Waals surface area contributed by atoms with Crippen molar-refractivity contribution in [3.63, 3.8) is 0 Å². The maximum Gasteiger partial charge on any atom is 0.160 e. The van der Waals surface area contributed by atoms with E-state index in [2.05, 4.69) is 0 Å². The monoisotopic (exact) mass is 1400 g/mol. The van der Waals surface area contributed by atoms with Crippen molar-refractivity contribution in [2.45, 2.75) is 155 Å². The molecule has 0 aliphatic carbocycles. The summed E-state index contributed by atoms with van der Waals surface area (Å²) in [5.41, 5.74) is 7.37. The number of ether oxygens (including phenoxy) is 12. The zero-order valence-corrected chi connectivity index (χ0v) is 58.5. The summed E-state index contributed by atoms with van der Waals surface area (Å²) < 4.78 is 214. The standard InChI is InChI=1S/4C21H28O4/c4*1-16-7-6-10-19(13-16)25-15-18(22)9-5-4-8-17-11-12-20(23-2)21(14-17)24-3/h4*6-7,10-14,18,22H,4-5,8-9,15H2,1-3H3/i2D3,3D3,9D2;3D3,9D2;2D3,9D2;9D2. The molecule has 8 aromatic rings. The summed E-state index contributed by atoms with van der Waals surface area (Å²) in [6, 6.07) is 49.2. The summed E-state index contributed by atoms with van der Waals surface area (Å²) in [6.45, 7) is 7.16. The molecule has 8 aromatic carbocycles. The number of aryl methyl sites for hydroxylation is 8. The van der Waals surface area contributed by atoms with Gasteiger partial charge in [-0.25, -0.2) is 0 Å². The third-order valence-electron chi connectivity index (χ3n) is 15.0. The van der Waals surface area contributed by atoms with Gasteiger partial charge in [-0.1, -0.05) is 98.5 Å². The van der Waals surface area contributed by atoms with Gasteiger partial charge < -0.3 is 77.3 Å².